The summed E-state index contributed by atoms with van der Waals surface area (Å²) < 4.78 is 4.98. The number of pyridine rings is 1. The number of carboxylic acid groups (broad SMARTS) is 1. The molecule has 2 rings (SSSR count). The lowest BCUT2D eigenvalue weighted by Gasteiger charge is -2.20. The minimum Gasteiger partial charge on any atom is -0.481 e. The molecule has 1 aliphatic rings. The van der Waals surface area contributed by atoms with Gasteiger partial charge in [-0.15, -0.1) is 0 Å². The quantitative estimate of drug-likeness (QED) is 0.822. The van der Waals surface area contributed by atoms with E-state index in [1.54, 1.807) is 19.2 Å². The summed E-state index contributed by atoms with van der Waals surface area (Å²) in [4.78, 5) is 28.6. The first-order valence-electron chi connectivity index (χ1n) is 6.22. The number of hydrogen-bond donors (Lipinski definition) is 1. The molecule has 0 aromatic carbocycles. The highest BCUT2D eigenvalue weighted by Gasteiger charge is 2.30. The van der Waals surface area contributed by atoms with Gasteiger partial charge < -0.3 is 14.7 Å². The van der Waals surface area contributed by atoms with Crippen molar-refractivity contribution in [2.24, 2.45) is 5.92 Å². The Bertz CT molecular complexity index is 489. The minimum absolute atomic E-state index is 0.297. The lowest BCUT2D eigenvalue weighted by molar-refractivity contribution is -0.140. The summed E-state index contributed by atoms with van der Waals surface area (Å²) in [7, 11) is 0. The molecule has 0 aliphatic carbocycles. The van der Waals surface area contributed by atoms with Crippen molar-refractivity contribution in [3.8, 4) is 0 Å². The molecule has 0 saturated carbocycles. The first-order valence-corrected chi connectivity index (χ1v) is 6.22. The highest BCUT2D eigenvalue weighted by molar-refractivity contribution is 5.95. The van der Waals surface area contributed by atoms with E-state index in [2.05, 4.69) is 4.98 Å². The summed E-state index contributed by atoms with van der Waals surface area (Å²) in [6.07, 6.45) is 3.63. The van der Waals surface area contributed by atoms with Crippen LogP contribution < -0.4 is 4.90 Å². The Balaban J connectivity index is 2.21. The molecule has 0 amide bonds. The van der Waals surface area contributed by atoms with Crippen LogP contribution in [0.1, 0.15) is 23.7 Å². The number of aliphatic carboxylic acids is 1. The average Bonchev–Trinajstić information content (AvgIpc) is 2.88. The largest absolute Gasteiger partial charge is 0.481 e. The van der Waals surface area contributed by atoms with Crippen LogP contribution in [0, 0.1) is 5.92 Å². The Morgan fingerprint density at radius 2 is 2.37 bits per heavy atom. The molecule has 19 heavy (non-hydrogen) atoms. The highest BCUT2D eigenvalue weighted by atomic mass is 16.5. The number of nitrogens with zero attached hydrogens (tertiary/aromatic N) is 2. The summed E-state index contributed by atoms with van der Waals surface area (Å²) in [5, 5.41) is 9.01. The molecule has 1 N–H and O–H groups in total. The molecule has 6 nitrogen and oxygen atoms in total. The Morgan fingerprint density at radius 3 is 3.00 bits per heavy atom. The number of carboxylic acids is 1. The first-order chi connectivity index (χ1) is 9.13. The van der Waals surface area contributed by atoms with Crippen LogP contribution in [0.25, 0.3) is 0 Å². The average molecular weight is 264 g/mol. The van der Waals surface area contributed by atoms with Crippen LogP contribution in [0.2, 0.25) is 0 Å². The number of rotatable bonds is 4. The smallest absolute Gasteiger partial charge is 0.341 e. The molecule has 1 fully saturated rings. The van der Waals surface area contributed by atoms with Crippen LogP contribution in [-0.4, -0.2) is 41.7 Å². The molecule has 1 aromatic heterocycles. The molecule has 1 aromatic rings. The lowest BCUT2D eigenvalue weighted by Crippen LogP contribution is -2.24. The van der Waals surface area contributed by atoms with Crippen molar-refractivity contribution in [2.45, 2.75) is 13.3 Å². The van der Waals surface area contributed by atoms with Crippen molar-refractivity contribution >= 4 is 17.6 Å². The zero-order valence-corrected chi connectivity index (χ0v) is 10.7. The molecule has 1 unspecified atom stereocenters. The van der Waals surface area contributed by atoms with Crippen LogP contribution in [-0.2, 0) is 9.53 Å². The van der Waals surface area contributed by atoms with E-state index >= 15 is 0 Å². The van der Waals surface area contributed by atoms with Gasteiger partial charge in [0.15, 0.2) is 0 Å². The summed E-state index contributed by atoms with van der Waals surface area (Å²) >= 11 is 0. The molecular formula is C13H16N2O4. The van der Waals surface area contributed by atoms with E-state index < -0.39 is 11.9 Å². The van der Waals surface area contributed by atoms with E-state index in [4.69, 9.17) is 9.84 Å². The molecule has 0 radical (unpaired) electrons. The maximum absolute atomic E-state index is 11.8. The molecule has 1 saturated heterocycles. The first kappa shape index (κ1) is 13.3. The summed E-state index contributed by atoms with van der Waals surface area (Å²) in [5.41, 5.74) is 1.08. The van der Waals surface area contributed by atoms with Gasteiger partial charge in [0.25, 0.3) is 0 Å². The van der Waals surface area contributed by atoms with Crippen LogP contribution in [0.5, 0.6) is 0 Å². The summed E-state index contributed by atoms with van der Waals surface area (Å²) in [6.45, 7) is 3.06. The standard InChI is InChI=1S/C13H16N2O4/c1-2-19-13(18)10-7-14-5-3-11(10)15-6-4-9(8-15)12(16)17/h3,5,7,9H,2,4,6,8H2,1H3,(H,16,17). The Hall–Kier alpha value is -2.11. The zero-order chi connectivity index (χ0) is 13.8. The Kier molecular flexibility index (Phi) is 3.99. The normalized spacial score (nSPS) is 18.4. The van der Waals surface area contributed by atoms with Gasteiger partial charge in [-0.2, -0.15) is 0 Å². The number of aromatic nitrogens is 1. The zero-order valence-electron chi connectivity index (χ0n) is 10.7. The molecule has 2 heterocycles. The van der Waals surface area contributed by atoms with Gasteiger partial charge >= 0.3 is 11.9 Å². The molecule has 0 spiro atoms. The van der Waals surface area contributed by atoms with Crippen molar-refractivity contribution in [3.63, 3.8) is 0 Å². The van der Waals surface area contributed by atoms with Gasteiger partial charge in [0.1, 0.15) is 5.56 Å². The lowest BCUT2D eigenvalue weighted by atomic mass is 10.1. The molecule has 0 bridgehead atoms. The van der Waals surface area contributed by atoms with Crippen molar-refractivity contribution in [1.29, 1.82) is 0 Å². The molecule has 1 aliphatic heterocycles. The second-order valence-electron chi connectivity index (χ2n) is 4.38. The number of hydrogen-bond acceptors (Lipinski definition) is 5. The van der Waals surface area contributed by atoms with E-state index in [0.29, 0.717) is 37.4 Å². The summed E-state index contributed by atoms with van der Waals surface area (Å²) in [5.74, 6) is -1.61. The minimum atomic E-state index is -0.797. The number of carbonyl (C=O) groups is 2. The second-order valence-corrected chi connectivity index (χ2v) is 4.38. The van der Waals surface area contributed by atoms with Crippen LogP contribution in [0.3, 0.4) is 0 Å². The monoisotopic (exact) mass is 264 g/mol. The van der Waals surface area contributed by atoms with Gasteiger partial charge in [-0.05, 0) is 19.4 Å². The van der Waals surface area contributed by atoms with E-state index in [1.807, 2.05) is 4.90 Å². The van der Waals surface area contributed by atoms with Crippen LogP contribution >= 0.6 is 0 Å². The van der Waals surface area contributed by atoms with Crippen molar-refractivity contribution in [2.75, 3.05) is 24.6 Å². The molecule has 102 valence electrons. The van der Waals surface area contributed by atoms with Gasteiger partial charge in [0.05, 0.1) is 18.2 Å². The predicted molar refractivity (Wildman–Crippen MR) is 68.1 cm³/mol. The predicted octanol–water partition coefficient (Wildman–Crippen LogP) is 1.17. The Labute approximate surface area is 111 Å². The van der Waals surface area contributed by atoms with Gasteiger partial charge in [-0.25, -0.2) is 4.79 Å². The van der Waals surface area contributed by atoms with E-state index in [0.717, 1.165) is 0 Å². The maximum Gasteiger partial charge on any atom is 0.341 e. The van der Waals surface area contributed by atoms with Crippen molar-refractivity contribution in [3.05, 3.63) is 24.0 Å². The van der Waals surface area contributed by atoms with Crippen LogP contribution in [0.4, 0.5) is 5.69 Å². The Morgan fingerprint density at radius 1 is 1.58 bits per heavy atom. The van der Waals surface area contributed by atoms with Crippen LogP contribution in [0.15, 0.2) is 18.5 Å². The number of anilines is 1. The maximum atomic E-state index is 11.8. The van der Waals surface area contributed by atoms with E-state index in [1.165, 1.54) is 6.20 Å². The van der Waals surface area contributed by atoms with Gasteiger partial charge in [0.2, 0.25) is 0 Å². The SMILES string of the molecule is CCOC(=O)c1cnccc1N1CCC(C(=O)O)C1. The van der Waals surface area contributed by atoms with Crippen molar-refractivity contribution < 1.29 is 19.4 Å². The van der Waals surface area contributed by atoms with E-state index in [-0.39, 0.29) is 5.92 Å². The third-order valence-corrected chi connectivity index (χ3v) is 3.17. The fourth-order valence-corrected chi connectivity index (χ4v) is 2.21. The fraction of sp³-hybridized carbons (Fsp3) is 0.462. The highest BCUT2D eigenvalue weighted by Crippen LogP contribution is 2.27. The fourth-order valence-electron chi connectivity index (χ4n) is 2.21. The van der Waals surface area contributed by atoms with Gasteiger partial charge in [-0.3, -0.25) is 9.78 Å². The third-order valence-electron chi connectivity index (χ3n) is 3.17. The topological polar surface area (TPSA) is 79.7 Å². The number of carbonyl (C=O) groups excluding carboxylic acids is 1. The molecule has 1 atom stereocenters. The van der Waals surface area contributed by atoms with Gasteiger partial charge in [-0.1, -0.05) is 0 Å². The summed E-state index contributed by atoms with van der Waals surface area (Å²) in [6, 6.07) is 1.72. The number of esters is 1. The van der Waals surface area contributed by atoms with Crippen molar-refractivity contribution in [1.82, 2.24) is 4.98 Å². The molecular weight excluding hydrogens is 248 g/mol. The molecule has 6 heteroatoms. The van der Waals surface area contributed by atoms with E-state index in [9.17, 15) is 9.59 Å². The number of ether oxygens (including phenoxy) is 1. The van der Waals surface area contributed by atoms with Gasteiger partial charge in [0, 0.05) is 25.5 Å². The second kappa shape index (κ2) is 5.69. The third kappa shape index (κ3) is 2.83.